The zero-order chi connectivity index (χ0) is 21.4. The summed E-state index contributed by atoms with van der Waals surface area (Å²) in [6.45, 7) is 4.32. The van der Waals surface area contributed by atoms with E-state index in [0.717, 1.165) is 30.0 Å². The summed E-state index contributed by atoms with van der Waals surface area (Å²) in [5.41, 5.74) is 8.80. The molecule has 2 saturated heterocycles. The minimum Gasteiger partial charge on any atom is -0.320 e. The molecule has 162 valence electrons. The maximum absolute atomic E-state index is 12.9. The van der Waals surface area contributed by atoms with Crippen LogP contribution in [0.4, 0.5) is 0 Å². The Hall–Kier alpha value is -2.14. The first-order valence-corrected chi connectivity index (χ1v) is 11.5. The summed E-state index contributed by atoms with van der Waals surface area (Å²) in [5, 5.41) is 0. The molecule has 5 heteroatoms. The number of nitrogens with two attached hydrogens (primary N) is 1. The number of benzene rings is 1. The van der Waals surface area contributed by atoms with Gasteiger partial charge in [0.1, 0.15) is 0 Å². The second kappa shape index (κ2) is 8.54. The van der Waals surface area contributed by atoms with Crippen molar-refractivity contribution in [2.24, 2.45) is 29.4 Å². The Kier molecular flexibility index (Phi) is 6.01. The number of nitrogens with zero attached hydrogens (tertiary/aromatic N) is 2. The number of allylic oxidation sites excluding steroid dienone is 1. The van der Waals surface area contributed by atoms with E-state index in [1.807, 2.05) is 35.0 Å². The van der Waals surface area contributed by atoms with Crippen LogP contribution in [0.3, 0.4) is 0 Å². The van der Waals surface area contributed by atoms with Gasteiger partial charge in [0, 0.05) is 31.5 Å². The van der Waals surface area contributed by atoms with Crippen LogP contribution in [0.25, 0.3) is 0 Å². The third-order valence-electron chi connectivity index (χ3n) is 7.47. The van der Waals surface area contributed by atoms with Crippen LogP contribution in [0.1, 0.15) is 64.0 Å². The van der Waals surface area contributed by atoms with Gasteiger partial charge in [-0.05, 0) is 49.0 Å². The van der Waals surface area contributed by atoms with Crippen molar-refractivity contribution < 1.29 is 9.59 Å². The quantitative estimate of drug-likeness (QED) is 0.797. The Bertz CT molecular complexity index is 817. The average Bonchev–Trinajstić information content (AvgIpc) is 3.52. The summed E-state index contributed by atoms with van der Waals surface area (Å²) < 4.78 is 0. The van der Waals surface area contributed by atoms with E-state index in [2.05, 4.69) is 32.1 Å². The van der Waals surface area contributed by atoms with Gasteiger partial charge in [-0.2, -0.15) is 0 Å². The topological polar surface area (TPSA) is 66.6 Å². The molecule has 0 aromatic heterocycles. The number of hydrogen-bond acceptors (Lipinski definition) is 3. The summed E-state index contributed by atoms with van der Waals surface area (Å²) in [6, 6.07) is 10.2. The highest BCUT2D eigenvalue weighted by Gasteiger charge is 2.42. The molecule has 3 fully saturated rings. The molecule has 1 aromatic carbocycles. The van der Waals surface area contributed by atoms with E-state index in [9.17, 15) is 9.59 Å². The standard InChI is InChI=1S/C25H35N3O2/c1-16-15-20(18-9-10-18)17(2)21(27(3)25(16)30)11-13-23(26)28-22(12-14-24(28)29)19-7-5-4-6-8-19/h4-8,11,16-18,20,22-23H,9-10,12-15,26H2,1-3H3/b21-11+. The van der Waals surface area contributed by atoms with Gasteiger partial charge in [-0.1, -0.05) is 50.3 Å². The summed E-state index contributed by atoms with van der Waals surface area (Å²) in [5.74, 6) is 2.03. The van der Waals surface area contributed by atoms with E-state index in [4.69, 9.17) is 5.73 Å². The van der Waals surface area contributed by atoms with Gasteiger partial charge in [0.15, 0.2) is 0 Å². The highest BCUT2D eigenvalue weighted by atomic mass is 16.2. The molecule has 2 heterocycles. The van der Waals surface area contributed by atoms with E-state index < -0.39 is 0 Å². The molecule has 2 aliphatic heterocycles. The second-order valence-electron chi connectivity index (χ2n) is 9.52. The average molecular weight is 410 g/mol. The molecule has 1 aliphatic carbocycles. The van der Waals surface area contributed by atoms with Gasteiger partial charge in [0.05, 0.1) is 12.2 Å². The van der Waals surface area contributed by atoms with E-state index in [-0.39, 0.29) is 29.9 Å². The fourth-order valence-electron chi connectivity index (χ4n) is 5.62. The fraction of sp³-hybridized carbons (Fsp3) is 0.600. The van der Waals surface area contributed by atoms with Crippen molar-refractivity contribution in [3.63, 3.8) is 0 Å². The van der Waals surface area contributed by atoms with Gasteiger partial charge >= 0.3 is 0 Å². The lowest BCUT2D eigenvalue weighted by atomic mass is 9.82. The lowest BCUT2D eigenvalue weighted by molar-refractivity contribution is -0.132. The summed E-state index contributed by atoms with van der Waals surface area (Å²) in [4.78, 5) is 29.2. The van der Waals surface area contributed by atoms with Crippen LogP contribution in [-0.2, 0) is 9.59 Å². The van der Waals surface area contributed by atoms with Crippen molar-refractivity contribution in [1.29, 1.82) is 0 Å². The lowest BCUT2D eigenvalue weighted by Crippen LogP contribution is -2.44. The van der Waals surface area contributed by atoms with E-state index in [1.54, 1.807) is 0 Å². The number of hydrogen-bond donors (Lipinski definition) is 1. The van der Waals surface area contributed by atoms with Crippen LogP contribution >= 0.6 is 0 Å². The van der Waals surface area contributed by atoms with Gasteiger partial charge in [0.2, 0.25) is 11.8 Å². The molecule has 0 bridgehead atoms. The van der Waals surface area contributed by atoms with Crippen LogP contribution in [0.5, 0.6) is 0 Å². The van der Waals surface area contributed by atoms with Crippen LogP contribution in [-0.4, -0.2) is 34.8 Å². The van der Waals surface area contributed by atoms with Gasteiger partial charge in [-0.3, -0.25) is 9.59 Å². The van der Waals surface area contributed by atoms with E-state index in [1.165, 1.54) is 12.8 Å². The van der Waals surface area contributed by atoms with Crippen molar-refractivity contribution in [2.45, 2.75) is 64.6 Å². The molecule has 4 rings (SSSR count). The third kappa shape index (κ3) is 4.04. The first-order valence-electron chi connectivity index (χ1n) is 11.5. The monoisotopic (exact) mass is 409 g/mol. The summed E-state index contributed by atoms with van der Waals surface area (Å²) in [6.07, 6.45) is 7.21. The highest BCUT2D eigenvalue weighted by molar-refractivity contribution is 5.81. The predicted molar refractivity (Wildman–Crippen MR) is 118 cm³/mol. The molecule has 30 heavy (non-hydrogen) atoms. The highest BCUT2D eigenvalue weighted by Crippen LogP contribution is 2.47. The summed E-state index contributed by atoms with van der Waals surface area (Å²) in [7, 11) is 1.90. The molecule has 1 saturated carbocycles. The fourth-order valence-corrected chi connectivity index (χ4v) is 5.62. The van der Waals surface area contributed by atoms with Crippen molar-refractivity contribution in [3.05, 3.63) is 47.7 Å². The molecule has 2 amide bonds. The Morgan fingerprint density at radius 2 is 1.83 bits per heavy atom. The third-order valence-corrected chi connectivity index (χ3v) is 7.47. The second-order valence-corrected chi connectivity index (χ2v) is 9.52. The molecular weight excluding hydrogens is 374 g/mol. The molecule has 5 unspecified atom stereocenters. The van der Waals surface area contributed by atoms with E-state index >= 15 is 0 Å². The first kappa shape index (κ1) is 21.1. The molecule has 2 N–H and O–H groups in total. The SMILES string of the molecule is CC1CC(C2CC2)C(C)/C(=C\CC(N)N2C(=O)CCC2c2ccccc2)N(C)C1=O. The molecule has 5 nitrogen and oxygen atoms in total. The van der Waals surface area contributed by atoms with Crippen LogP contribution in [0.15, 0.2) is 42.1 Å². The first-order chi connectivity index (χ1) is 14.4. The smallest absolute Gasteiger partial charge is 0.229 e. The predicted octanol–water partition coefficient (Wildman–Crippen LogP) is 4.07. The number of carbonyl (C=O) groups is 2. The van der Waals surface area contributed by atoms with Crippen molar-refractivity contribution in [3.8, 4) is 0 Å². The van der Waals surface area contributed by atoms with Crippen molar-refractivity contribution in [1.82, 2.24) is 9.80 Å². The number of amides is 2. The minimum atomic E-state index is -0.381. The van der Waals surface area contributed by atoms with Crippen molar-refractivity contribution >= 4 is 11.8 Å². The molecule has 5 atom stereocenters. The normalized spacial score (nSPS) is 32.6. The summed E-state index contributed by atoms with van der Waals surface area (Å²) >= 11 is 0. The van der Waals surface area contributed by atoms with Crippen molar-refractivity contribution in [2.75, 3.05) is 7.05 Å². The maximum atomic E-state index is 12.9. The Morgan fingerprint density at radius 1 is 1.13 bits per heavy atom. The number of carbonyl (C=O) groups excluding carboxylic acids is 2. The zero-order valence-corrected chi connectivity index (χ0v) is 18.5. The van der Waals surface area contributed by atoms with Gasteiger partial charge in [-0.25, -0.2) is 0 Å². The Balaban J connectivity index is 1.54. The van der Waals surface area contributed by atoms with Crippen LogP contribution in [0.2, 0.25) is 0 Å². The van der Waals surface area contributed by atoms with Gasteiger partial charge in [0.25, 0.3) is 0 Å². The molecular formula is C25H35N3O2. The van der Waals surface area contributed by atoms with Crippen LogP contribution in [0, 0.1) is 23.7 Å². The number of likely N-dealkylation sites (tertiary alicyclic amines) is 2. The maximum Gasteiger partial charge on any atom is 0.229 e. The van der Waals surface area contributed by atoms with Gasteiger partial charge < -0.3 is 15.5 Å². The Morgan fingerprint density at radius 3 is 2.50 bits per heavy atom. The largest absolute Gasteiger partial charge is 0.320 e. The molecule has 1 aromatic rings. The molecule has 0 radical (unpaired) electrons. The van der Waals surface area contributed by atoms with Gasteiger partial charge in [-0.15, -0.1) is 0 Å². The minimum absolute atomic E-state index is 0.0391. The van der Waals surface area contributed by atoms with E-state index in [0.29, 0.717) is 24.7 Å². The molecule has 3 aliphatic rings. The lowest BCUT2D eigenvalue weighted by Gasteiger charge is -2.32. The Labute approximate surface area is 180 Å². The zero-order valence-electron chi connectivity index (χ0n) is 18.5. The molecule has 0 spiro atoms. The number of rotatable bonds is 5. The van der Waals surface area contributed by atoms with Crippen LogP contribution < -0.4 is 5.73 Å².